The number of hydrogen-bond donors (Lipinski definition) is 1. The van der Waals surface area contributed by atoms with Crippen LogP contribution in [0.15, 0.2) is 23.2 Å². The SMILES string of the molecule is CC(C)(C(=O)O)n1cc(-c2cscc2C(F)F)cn1. The number of carboxylic acid groups (broad SMARTS) is 1. The summed E-state index contributed by atoms with van der Waals surface area (Å²) in [6, 6.07) is 0. The Hall–Kier alpha value is -1.76. The van der Waals surface area contributed by atoms with Gasteiger partial charge < -0.3 is 5.11 Å². The van der Waals surface area contributed by atoms with E-state index < -0.39 is 17.9 Å². The summed E-state index contributed by atoms with van der Waals surface area (Å²) in [5, 5.41) is 16.1. The number of alkyl halides is 2. The van der Waals surface area contributed by atoms with Gasteiger partial charge in [0.25, 0.3) is 6.43 Å². The second kappa shape index (κ2) is 4.73. The summed E-state index contributed by atoms with van der Waals surface area (Å²) in [6.45, 7) is 2.99. The van der Waals surface area contributed by atoms with E-state index in [-0.39, 0.29) is 5.56 Å². The maximum Gasteiger partial charge on any atom is 0.331 e. The number of aliphatic carboxylic acids is 1. The fourth-order valence-electron chi connectivity index (χ4n) is 1.58. The Kier molecular flexibility index (Phi) is 3.40. The summed E-state index contributed by atoms with van der Waals surface area (Å²) in [5.41, 5.74) is -0.393. The molecule has 2 heterocycles. The second-order valence-electron chi connectivity index (χ2n) is 4.58. The van der Waals surface area contributed by atoms with Gasteiger partial charge in [-0.2, -0.15) is 16.4 Å². The Labute approximate surface area is 112 Å². The quantitative estimate of drug-likeness (QED) is 0.937. The van der Waals surface area contributed by atoms with Crippen molar-refractivity contribution >= 4 is 17.3 Å². The largest absolute Gasteiger partial charge is 0.479 e. The van der Waals surface area contributed by atoms with Crippen molar-refractivity contribution in [2.75, 3.05) is 0 Å². The van der Waals surface area contributed by atoms with Crippen LogP contribution in [0.4, 0.5) is 8.78 Å². The van der Waals surface area contributed by atoms with Gasteiger partial charge in [-0.25, -0.2) is 13.6 Å². The first-order chi connectivity index (χ1) is 8.84. The molecular formula is C12H12F2N2O2S. The van der Waals surface area contributed by atoms with Crippen LogP contribution in [0, 0.1) is 0 Å². The second-order valence-corrected chi connectivity index (χ2v) is 5.32. The van der Waals surface area contributed by atoms with Crippen molar-refractivity contribution in [1.29, 1.82) is 0 Å². The molecule has 102 valence electrons. The fraction of sp³-hybridized carbons (Fsp3) is 0.333. The minimum absolute atomic E-state index is 0.0577. The molecule has 0 atom stereocenters. The number of thiophene rings is 1. The van der Waals surface area contributed by atoms with Crippen LogP contribution in [0.3, 0.4) is 0 Å². The highest BCUT2D eigenvalue weighted by Crippen LogP contribution is 2.34. The highest BCUT2D eigenvalue weighted by atomic mass is 32.1. The van der Waals surface area contributed by atoms with Crippen LogP contribution in [0.1, 0.15) is 25.8 Å². The van der Waals surface area contributed by atoms with Gasteiger partial charge in [-0.05, 0) is 19.2 Å². The van der Waals surface area contributed by atoms with Crippen LogP contribution >= 0.6 is 11.3 Å². The van der Waals surface area contributed by atoms with Crippen LogP contribution < -0.4 is 0 Å². The predicted octanol–water partition coefficient (Wildman–Crippen LogP) is 3.37. The molecule has 0 spiro atoms. The smallest absolute Gasteiger partial charge is 0.331 e. The molecule has 0 aromatic carbocycles. The van der Waals surface area contributed by atoms with E-state index in [0.29, 0.717) is 11.1 Å². The monoisotopic (exact) mass is 286 g/mol. The van der Waals surface area contributed by atoms with Crippen molar-refractivity contribution in [3.63, 3.8) is 0 Å². The number of hydrogen-bond acceptors (Lipinski definition) is 3. The molecule has 0 unspecified atom stereocenters. The molecule has 2 aromatic rings. The standard InChI is InChI=1S/C12H12F2N2O2S/c1-12(2,11(17)18)16-4-7(3-15-16)8-5-19-6-9(8)10(13)14/h3-6,10H,1-2H3,(H,17,18). The van der Waals surface area contributed by atoms with Gasteiger partial charge in [0.2, 0.25) is 0 Å². The average molecular weight is 286 g/mol. The highest BCUT2D eigenvalue weighted by Gasteiger charge is 2.30. The molecule has 0 fully saturated rings. The molecule has 0 aliphatic heterocycles. The van der Waals surface area contributed by atoms with E-state index in [1.807, 2.05) is 0 Å². The van der Waals surface area contributed by atoms with Gasteiger partial charge in [0.15, 0.2) is 5.54 Å². The molecule has 19 heavy (non-hydrogen) atoms. The van der Waals surface area contributed by atoms with Crippen molar-refractivity contribution in [2.24, 2.45) is 0 Å². The molecule has 1 N–H and O–H groups in total. The third-order valence-corrected chi connectivity index (χ3v) is 3.68. The van der Waals surface area contributed by atoms with Gasteiger partial charge in [0.05, 0.1) is 6.20 Å². The van der Waals surface area contributed by atoms with Crippen molar-refractivity contribution in [2.45, 2.75) is 25.8 Å². The molecule has 0 aliphatic carbocycles. The molecule has 0 amide bonds. The number of carboxylic acids is 1. The maximum absolute atomic E-state index is 12.8. The zero-order valence-electron chi connectivity index (χ0n) is 10.3. The molecular weight excluding hydrogens is 274 g/mol. The van der Waals surface area contributed by atoms with Gasteiger partial charge in [-0.3, -0.25) is 4.68 Å². The lowest BCUT2D eigenvalue weighted by molar-refractivity contribution is -0.146. The summed E-state index contributed by atoms with van der Waals surface area (Å²) in [7, 11) is 0. The molecule has 0 saturated carbocycles. The molecule has 2 aromatic heterocycles. The Morgan fingerprint density at radius 2 is 2.16 bits per heavy atom. The van der Waals surface area contributed by atoms with Gasteiger partial charge in [0.1, 0.15) is 0 Å². The first-order valence-electron chi connectivity index (χ1n) is 5.47. The summed E-state index contributed by atoms with van der Waals surface area (Å²) >= 11 is 1.18. The van der Waals surface area contributed by atoms with E-state index in [2.05, 4.69) is 5.10 Å². The summed E-state index contributed by atoms with van der Waals surface area (Å²) in [4.78, 5) is 11.1. The Bertz CT molecular complexity index is 604. The van der Waals surface area contributed by atoms with Gasteiger partial charge in [-0.15, -0.1) is 0 Å². The third kappa shape index (κ3) is 2.37. The van der Waals surface area contributed by atoms with E-state index >= 15 is 0 Å². The summed E-state index contributed by atoms with van der Waals surface area (Å²) < 4.78 is 26.9. The van der Waals surface area contributed by atoms with Crippen molar-refractivity contribution in [3.05, 3.63) is 28.7 Å². The molecule has 4 nitrogen and oxygen atoms in total. The summed E-state index contributed by atoms with van der Waals surface area (Å²) in [6.07, 6.45) is 0.317. The minimum atomic E-state index is -2.56. The predicted molar refractivity (Wildman–Crippen MR) is 67.5 cm³/mol. The lowest BCUT2D eigenvalue weighted by atomic mass is 10.1. The number of halogens is 2. The van der Waals surface area contributed by atoms with Crippen molar-refractivity contribution in [3.8, 4) is 11.1 Å². The van der Waals surface area contributed by atoms with Gasteiger partial charge in [-0.1, -0.05) is 0 Å². The lowest BCUT2D eigenvalue weighted by Gasteiger charge is -2.19. The van der Waals surface area contributed by atoms with Crippen LogP contribution in [0.25, 0.3) is 11.1 Å². The van der Waals surface area contributed by atoms with Crippen LogP contribution in [0.2, 0.25) is 0 Å². The Morgan fingerprint density at radius 1 is 1.47 bits per heavy atom. The maximum atomic E-state index is 12.8. The topological polar surface area (TPSA) is 55.1 Å². The lowest BCUT2D eigenvalue weighted by Crippen LogP contribution is -2.35. The Morgan fingerprint density at radius 3 is 2.74 bits per heavy atom. The number of carbonyl (C=O) groups is 1. The van der Waals surface area contributed by atoms with Gasteiger partial charge >= 0.3 is 5.97 Å². The van der Waals surface area contributed by atoms with E-state index in [1.165, 1.54) is 47.6 Å². The van der Waals surface area contributed by atoms with Crippen LogP contribution in [0.5, 0.6) is 0 Å². The molecule has 0 bridgehead atoms. The number of aromatic nitrogens is 2. The van der Waals surface area contributed by atoms with Crippen molar-refractivity contribution < 1.29 is 18.7 Å². The van der Waals surface area contributed by atoms with Gasteiger partial charge in [0, 0.05) is 28.3 Å². The van der Waals surface area contributed by atoms with E-state index in [1.54, 1.807) is 5.38 Å². The summed E-state index contributed by atoms with van der Waals surface area (Å²) in [5.74, 6) is -1.04. The third-order valence-electron chi connectivity index (χ3n) is 2.92. The number of nitrogens with zero attached hydrogens (tertiary/aromatic N) is 2. The van der Waals surface area contributed by atoms with Crippen molar-refractivity contribution in [1.82, 2.24) is 9.78 Å². The molecule has 0 radical (unpaired) electrons. The van der Waals surface area contributed by atoms with E-state index in [4.69, 9.17) is 5.11 Å². The average Bonchev–Trinajstić information content (AvgIpc) is 2.97. The normalized spacial score (nSPS) is 12.1. The molecule has 2 rings (SSSR count). The first kappa shape index (κ1) is 13.7. The fourth-order valence-corrected chi connectivity index (χ4v) is 2.43. The zero-order chi connectivity index (χ0) is 14.2. The zero-order valence-corrected chi connectivity index (χ0v) is 11.1. The Balaban J connectivity index is 2.42. The molecule has 7 heteroatoms. The van der Waals surface area contributed by atoms with E-state index in [0.717, 1.165) is 0 Å². The highest BCUT2D eigenvalue weighted by molar-refractivity contribution is 7.08. The minimum Gasteiger partial charge on any atom is -0.479 e. The van der Waals surface area contributed by atoms with Crippen LogP contribution in [-0.2, 0) is 10.3 Å². The first-order valence-corrected chi connectivity index (χ1v) is 6.41. The molecule has 0 aliphatic rings. The van der Waals surface area contributed by atoms with Crippen LogP contribution in [-0.4, -0.2) is 20.9 Å². The number of rotatable bonds is 4. The van der Waals surface area contributed by atoms with E-state index in [9.17, 15) is 13.6 Å². The molecule has 0 saturated heterocycles.